The Hall–Kier alpha value is -2.29. The van der Waals surface area contributed by atoms with Gasteiger partial charge >= 0.3 is 0 Å². The molecule has 2 amide bonds. The highest BCUT2D eigenvalue weighted by Gasteiger charge is 2.24. The zero-order valence-corrected chi connectivity index (χ0v) is 21.3. The Bertz CT molecular complexity index is 876. The summed E-state index contributed by atoms with van der Waals surface area (Å²) in [5.41, 5.74) is 1.03. The summed E-state index contributed by atoms with van der Waals surface area (Å²) in [6, 6.07) is 9.71. The topological polar surface area (TPSA) is 68.3 Å². The fourth-order valence-corrected chi connectivity index (χ4v) is 4.22. The maximum absolute atomic E-state index is 13.3. The highest BCUT2D eigenvalue weighted by molar-refractivity contribution is 7.09. The molecule has 0 bridgehead atoms. The van der Waals surface area contributed by atoms with E-state index in [4.69, 9.17) is 25.8 Å². The van der Waals surface area contributed by atoms with E-state index in [0.29, 0.717) is 50.6 Å². The van der Waals surface area contributed by atoms with Crippen molar-refractivity contribution in [2.45, 2.75) is 31.7 Å². The Morgan fingerprint density at radius 1 is 1.06 bits per heavy atom. The second-order valence-electron chi connectivity index (χ2n) is 7.56. The molecule has 0 saturated carbocycles. The zero-order chi connectivity index (χ0) is 24.2. The number of methoxy groups -OCH3 is 3. The van der Waals surface area contributed by atoms with Crippen molar-refractivity contribution in [3.8, 4) is 11.5 Å². The molecular formula is C24H33ClN2O5S. The van der Waals surface area contributed by atoms with Crippen molar-refractivity contribution in [3.05, 3.63) is 46.2 Å². The van der Waals surface area contributed by atoms with Crippen LogP contribution in [-0.2, 0) is 27.3 Å². The van der Waals surface area contributed by atoms with E-state index in [9.17, 15) is 9.59 Å². The van der Waals surface area contributed by atoms with Gasteiger partial charge in [-0.15, -0.1) is 22.9 Å². The predicted octanol–water partition coefficient (Wildman–Crippen LogP) is 3.83. The highest BCUT2D eigenvalue weighted by atomic mass is 35.5. The van der Waals surface area contributed by atoms with Gasteiger partial charge in [0, 0.05) is 31.7 Å². The number of rotatable bonds is 14. The molecule has 0 aliphatic carbocycles. The van der Waals surface area contributed by atoms with E-state index in [1.165, 1.54) is 4.90 Å². The van der Waals surface area contributed by atoms with Gasteiger partial charge in [-0.1, -0.05) is 12.1 Å². The molecule has 182 valence electrons. The molecule has 0 aliphatic rings. The van der Waals surface area contributed by atoms with E-state index < -0.39 is 5.38 Å². The number of alkyl halides is 1. The lowest BCUT2D eigenvalue weighted by Gasteiger charge is -2.28. The number of amides is 2. The standard InChI is InChI=1S/C24H33ClN2O5S/c1-18(25)24(29)27(11-6-13-30-2)17-23(28)26(16-20-7-5-14-33-20)12-10-19-8-9-21(31-3)22(15-19)32-4/h5,7-9,14-15,18H,6,10-13,16-17H2,1-4H3. The van der Waals surface area contributed by atoms with Gasteiger partial charge in [-0.05, 0) is 48.9 Å². The van der Waals surface area contributed by atoms with Crippen LogP contribution in [-0.4, -0.2) is 74.6 Å². The predicted molar refractivity (Wildman–Crippen MR) is 131 cm³/mol. The first-order valence-corrected chi connectivity index (χ1v) is 12.1. The van der Waals surface area contributed by atoms with Gasteiger partial charge in [-0.3, -0.25) is 9.59 Å². The molecule has 1 aromatic heterocycles. The Morgan fingerprint density at radius 3 is 2.42 bits per heavy atom. The van der Waals surface area contributed by atoms with Crippen LogP contribution in [0, 0.1) is 0 Å². The molecule has 33 heavy (non-hydrogen) atoms. The van der Waals surface area contributed by atoms with E-state index in [1.54, 1.807) is 44.5 Å². The number of benzene rings is 1. The van der Waals surface area contributed by atoms with Gasteiger partial charge in [0.1, 0.15) is 5.38 Å². The largest absolute Gasteiger partial charge is 0.493 e. The molecule has 0 N–H and O–H groups in total. The summed E-state index contributed by atoms with van der Waals surface area (Å²) in [6.45, 7) is 3.52. The van der Waals surface area contributed by atoms with E-state index >= 15 is 0 Å². The first kappa shape index (κ1) is 27.0. The van der Waals surface area contributed by atoms with Crippen LogP contribution in [0.1, 0.15) is 23.8 Å². The van der Waals surface area contributed by atoms with Crippen LogP contribution in [0.5, 0.6) is 11.5 Å². The average Bonchev–Trinajstić information content (AvgIpc) is 3.33. The first-order valence-electron chi connectivity index (χ1n) is 10.8. The molecule has 2 rings (SSSR count). The minimum atomic E-state index is -0.696. The third-order valence-corrected chi connectivity index (χ3v) is 6.20. The molecule has 0 aliphatic heterocycles. The molecule has 9 heteroatoms. The quantitative estimate of drug-likeness (QED) is 0.294. The molecular weight excluding hydrogens is 464 g/mol. The number of halogens is 1. The summed E-state index contributed by atoms with van der Waals surface area (Å²) in [6.07, 6.45) is 1.27. The Balaban J connectivity index is 2.14. The van der Waals surface area contributed by atoms with Crippen molar-refractivity contribution in [3.63, 3.8) is 0 Å². The number of ether oxygens (including phenoxy) is 3. The van der Waals surface area contributed by atoms with Crippen molar-refractivity contribution in [1.82, 2.24) is 9.80 Å². The normalized spacial score (nSPS) is 11.7. The number of carbonyl (C=O) groups is 2. The molecule has 0 saturated heterocycles. The fraction of sp³-hybridized carbons (Fsp3) is 0.500. The van der Waals surface area contributed by atoms with Gasteiger partial charge in [0.25, 0.3) is 0 Å². The Kier molecular flexibility index (Phi) is 11.5. The van der Waals surface area contributed by atoms with Crippen molar-refractivity contribution in [2.75, 3.05) is 47.6 Å². The third kappa shape index (κ3) is 8.53. The van der Waals surface area contributed by atoms with Crippen LogP contribution in [0.4, 0.5) is 0 Å². The van der Waals surface area contributed by atoms with Crippen LogP contribution in [0.15, 0.2) is 35.7 Å². The Labute approximate surface area is 205 Å². The van der Waals surface area contributed by atoms with Crippen LogP contribution < -0.4 is 9.47 Å². The van der Waals surface area contributed by atoms with Crippen LogP contribution in [0.3, 0.4) is 0 Å². The molecule has 1 aromatic carbocycles. The summed E-state index contributed by atoms with van der Waals surface area (Å²) in [5, 5.41) is 1.29. The van der Waals surface area contributed by atoms with Gasteiger partial charge in [0.15, 0.2) is 11.5 Å². The molecule has 0 radical (unpaired) electrons. The lowest BCUT2D eigenvalue weighted by molar-refractivity contribution is -0.140. The smallest absolute Gasteiger partial charge is 0.242 e. The van der Waals surface area contributed by atoms with Gasteiger partial charge in [-0.2, -0.15) is 0 Å². The van der Waals surface area contributed by atoms with Crippen LogP contribution >= 0.6 is 22.9 Å². The number of carbonyl (C=O) groups excluding carboxylic acids is 2. The van der Waals surface area contributed by atoms with Gasteiger partial charge in [-0.25, -0.2) is 0 Å². The second-order valence-corrected chi connectivity index (χ2v) is 9.24. The molecule has 0 spiro atoms. The summed E-state index contributed by atoms with van der Waals surface area (Å²) >= 11 is 7.64. The average molecular weight is 497 g/mol. The number of thiophene rings is 1. The molecule has 1 unspecified atom stereocenters. The van der Waals surface area contributed by atoms with E-state index in [1.807, 2.05) is 35.7 Å². The maximum Gasteiger partial charge on any atom is 0.242 e. The van der Waals surface area contributed by atoms with E-state index in [0.717, 1.165) is 10.4 Å². The van der Waals surface area contributed by atoms with Crippen molar-refractivity contribution < 1.29 is 23.8 Å². The van der Waals surface area contributed by atoms with Crippen LogP contribution in [0.2, 0.25) is 0 Å². The molecule has 1 heterocycles. The molecule has 2 aromatic rings. The van der Waals surface area contributed by atoms with Gasteiger partial charge in [0.05, 0.1) is 27.3 Å². The summed E-state index contributed by atoms with van der Waals surface area (Å²) < 4.78 is 15.8. The van der Waals surface area contributed by atoms with Crippen molar-refractivity contribution in [2.24, 2.45) is 0 Å². The maximum atomic E-state index is 13.3. The van der Waals surface area contributed by atoms with E-state index in [2.05, 4.69) is 0 Å². The molecule has 7 nitrogen and oxygen atoms in total. The van der Waals surface area contributed by atoms with E-state index in [-0.39, 0.29) is 18.4 Å². The minimum Gasteiger partial charge on any atom is -0.493 e. The fourth-order valence-electron chi connectivity index (χ4n) is 3.36. The Morgan fingerprint density at radius 2 is 1.82 bits per heavy atom. The number of hydrogen-bond donors (Lipinski definition) is 0. The lowest BCUT2D eigenvalue weighted by atomic mass is 10.1. The minimum absolute atomic E-state index is 0.0169. The van der Waals surface area contributed by atoms with Crippen LogP contribution in [0.25, 0.3) is 0 Å². The second kappa shape index (κ2) is 14.1. The first-order chi connectivity index (χ1) is 15.9. The van der Waals surface area contributed by atoms with Gasteiger partial charge < -0.3 is 24.0 Å². The SMILES string of the molecule is COCCCN(CC(=O)N(CCc1ccc(OC)c(OC)c1)Cc1cccs1)C(=O)C(C)Cl. The van der Waals surface area contributed by atoms with Crippen molar-refractivity contribution in [1.29, 1.82) is 0 Å². The summed E-state index contributed by atoms with van der Waals surface area (Å²) in [7, 11) is 4.81. The zero-order valence-electron chi connectivity index (χ0n) is 19.7. The molecule has 1 atom stereocenters. The highest BCUT2D eigenvalue weighted by Crippen LogP contribution is 2.28. The molecule has 0 fully saturated rings. The summed E-state index contributed by atoms with van der Waals surface area (Å²) in [5.74, 6) is 0.939. The third-order valence-electron chi connectivity index (χ3n) is 5.15. The monoisotopic (exact) mass is 496 g/mol. The lowest BCUT2D eigenvalue weighted by Crippen LogP contribution is -2.45. The number of nitrogens with zero attached hydrogens (tertiary/aromatic N) is 2. The summed E-state index contributed by atoms with van der Waals surface area (Å²) in [4.78, 5) is 30.3. The number of hydrogen-bond acceptors (Lipinski definition) is 6. The van der Waals surface area contributed by atoms with Crippen molar-refractivity contribution >= 4 is 34.8 Å². The van der Waals surface area contributed by atoms with Gasteiger partial charge in [0.2, 0.25) is 11.8 Å².